The van der Waals surface area contributed by atoms with E-state index in [0.717, 1.165) is 16.7 Å². The lowest BCUT2D eigenvalue weighted by molar-refractivity contribution is -0.683. The molecule has 0 aliphatic rings. The number of benzene rings is 2. The number of carbonyl (C=O) groups excluding carboxylic acids is 1. The van der Waals surface area contributed by atoms with Crippen LogP contribution in [0.4, 0.5) is 0 Å². The molecule has 0 fully saturated rings. The fraction of sp³-hybridized carbons (Fsp3) is 0.100. The molecule has 2 aromatic carbocycles. The van der Waals surface area contributed by atoms with Crippen molar-refractivity contribution in [3.8, 4) is 11.1 Å². The van der Waals surface area contributed by atoms with Crippen molar-refractivity contribution in [1.29, 1.82) is 0 Å². The zero-order valence-corrected chi connectivity index (χ0v) is 15.1. The van der Waals surface area contributed by atoms with Crippen LogP contribution in [-0.2, 0) is 6.54 Å². The standard InChI is InChI=1S/C20H18NO.HI/c1-16-11-13-21(14-12-16)15-20(22)19-9-7-18(8-10-19)17-5-3-2-4-6-17;/h2-14H,15H2,1H3;1H/q+1;/p-1. The van der Waals surface area contributed by atoms with Gasteiger partial charge in [-0.3, -0.25) is 4.79 Å². The van der Waals surface area contributed by atoms with E-state index in [-0.39, 0.29) is 29.8 Å². The smallest absolute Gasteiger partial charge is 0.227 e. The molecule has 0 unspecified atom stereocenters. The first-order chi connectivity index (χ1) is 10.7. The fourth-order valence-electron chi connectivity index (χ4n) is 2.37. The predicted molar refractivity (Wildman–Crippen MR) is 87.6 cm³/mol. The van der Waals surface area contributed by atoms with Gasteiger partial charge in [0.25, 0.3) is 0 Å². The summed E-state index contributed by atoms with van der Waals surface area (Å²) in [5.41, 5.74) is 4.22. The second kappa shape index (κ2) is 8.02. The van der Waals surface area contributed by atoms with Gasteiger partial charge in [0.1, 0.15) is 0 Å². The summed E-state index contributed by atoms with van der Waals surface area (Å²) in [5, 5.41) is 0. The normalized spacial score (nSPS) is 9.96. The maximum absolute atomic E-state index is 12.3. The van der Waals surface area contributed by atoms with Crippen LogP contribution in [-0.4, -0.2) is 5.78 Å². The number of Topliss-reactive ketones (excluding diaryl/α,β-unsaturated/α-hetero) is 1. The third-order valence-electron chi connectivity index (χ3n) is 3.70. The van der Waals surface area contributed by atoms with Crippen molar-refractivity contribution >= 4 is 5.78 Å². The van der Waals surface area contributed by atoms with Crippen molar-refractivity contribution < 1.29 is 33.3 Å². The summed E-state index contributed by atoms with van der Waals surface area (Å²) in [6.07, 6.45) is 3.87. The van der Waals surface area contributed by atoms with Gasteiger partial charge in [-0.15, -0.1) is 0 Å². The summed E-state index contributed by atoms with van der Waals surface area (Å²) in [5.74, 6) is 0.119. The number of aryl methyl sites for hydroxylation is 1. The molecule has 3 aromatic rings. The van der Waals surface area contributed by atoms with Crippen molar-refractivity contribution in [2.24, 2.45) is 0 Å². The van der Waals surface area contributed by atoms with Crippen molar-refractivity contribution in [3.05, 3.63) is 90.3 Å². The number of aromatic nitrogens is 1. The molecule has 0 saturated carbocycles. The Labute approximate surface area is 153 Å². The molecule has 0 atom stereocenters. The number of hydrogen-bond donors (Lipinski definition) is 0. The Hall–Kier alpha value is -2.01. The minimum atomic E-state index is 0. The van der Waals surface area contributed by atoms with Crippen molar-refractivity contribution in [3.63, 3.8) is 0 Å². The second-order valence-corrected chi connectivity index (χ2v) is 5.41. The molecule has 116 valence electrons. The van der Waals surface area contributed by atoms with Gasteiger partial charge < -0.3 is 24.0 Å². The molecular weight excluding hydrogens is 397 g/mol. The Balaban J connectivity index is 0.00000192. The molecule has 1 heterocycles. The van der Waals surface area contributed by atoms with Crippen LogP contribution in [0.15, 0.2) is 79.1 Å². The molecule has 0 spiro atoms. The third-order valence-corrected chi connectivity index (χ3v) is 3.70. The quantitative estimate of drug-likeness (QED) is 0.352. The van der Waals surface area contributed by atoms with Gasteiger partial charge in [0.05, 0.1) is 0 Å². The van der Waals surface area contributed by atoms with Gasteiger partial charge in [0.15, 0.2) is 12.4 Å². The lowest BCUT2D eigenvalue weighted by Crippen LogP contribution is -3.00. The van der Waals surface area contributed by atoms with Crippen molar-refractivity contribution in [2.75, 3.05) is 0 Å². The van der Waals surface area contributed by atoms with Crippen LogP contribution in [0.1, 0.15) is 15.9 Å². The van der Waals surface area contributed by atoms with E-state index in [1.54, 1.807) is 0 Å². The zero-order valence-electron chi connectivity index (χ0n) is 12.9. The minimum absolute atomic E-state index is 0. The summed E-state index contributed by atoms with van der Waals surface area (Å²) in [6, 6.07) is 22.0. The van der Waals surface area contributed by atoms with Gasteiger partial charge in [0.2, 0.25) is 12.3 Å². The van der Waals surface area contributed by atoms with Gasteiger partial charge >= 0.3 is 0 Å². The summed E-state index contributed by atoms with van der Waals surface area (Å²) < 4.78 is 1.90. The Bertz CT molecular complexity index is 765. The number of ketones is 1. The van der Waals surface area contributed by atoms with Crippen LogP contribution in [0.5, 0.6) is 0 Å². The predicted octanol–water partition coefficient (Wildman–Crippen LogP) is 0.836. The topological polar surface area (TPSA) is 20.9 Å². The molecule has 0 amide bonds. The molecule has 2 nitrogen and oxygen atoms in total. The Morgan fingerprint density at radius 3 is 2.00 bits per heavy atom. The molecule has 23 heavy (non-hydrogen) atoms. The monoisotopic (exact) mass is 415 g/mol. The molecule has 0 radical (unpaired) electrons. The fourth-order valence-corrected chi connectivity index (χ4v) is 2.37. The lowest BCUT2D eigenvalue weighted by Gasteiger charge is -2.03. The Morgan fingerprint density at radius 1 is 0.826 bits per heavy atom. The number of rotatable bonds is 4. The summed E-state index contributed by atoms with van der Waals surface area (Å²) >= 11 is 0. The number of carbonyl (C=O) groups is 1. The molecule has 0 bridgehead atoms. The van der Waals surface area contributed by atoms with Crippen LogP contribution in [0, 0.1) is 6.92 Å². The maximum Gasteiger partial charge on any atom is 0.227 e. The van der Waals surface area contributed by atoms with Crippen LogP contribution < -0.4 is 28.5 Å². The van der Waals surface area contributed by atoms with E-state index in [4.69, 9.17) is 0 Å². The van der Waals surface area contributed by atoms with Gasteiger partial charge in [-0.25, -0.2) is 0 Å². The maximum atomic E-state index is 12.3. The van der Waals surface area contributed by atoms with E-state index in [1.165, 1.54) is 5.56 Å². The molecule has 0 aliphatic carbocycles. The first kappa shape index (κ1) is 17.3. The average Bonchev–Trinajstić information content (AvgIpc) is 2.58. The Kier molecular flexibility index (Phi) is 6.04. The SMILES string of the molecule is Cc1cc[n+](CC(=O)c2ccc(-c3ccccc3)cc2)cc1.[I-]. The van der Waals surface area contributed by atoms with Crippen LogP contribution >= 0.6 is 0 Å². The second-order valence-electron chi connectivity index (χ2n) is 5.41. The molecule has 0 aliphatic heterocycles. The highest BCUT2D eigenvalue weighted by molar-refractivity contribution is 5.95. The largest absolute Gasteiger partial charge is 1.00 e. The molecule has 0 N–H and O–H groups in total. The van der Waals surface area contributed by atoms with Gasteiger partial charge in [-0.05, 0) is 23.6 Å². The first-order valence-electron chi connectivity index (χ1n) is 7.37. The lowest BCUT2D eigenvalue weighted by atomic mass is 10.0. The molecule has 1 aromatic heterocycles. The summed E-state index contributed by atoms with van der Waals surface area (Å²) in [6.45, 7) is 2.40. The van der Waals surface area contributed by atoms with Crippen LogP contribution in [0.25, 0.3) is 11.1 Å². The Morgan fingerprint density at radius 2 is 1.39 bits per heavy atom. The molecule has 3 heteroatoms. The highest BCUT2D eigenvalue weighted by Crippen LogP contribution is 2.19. The minimum Gasteiger partial charge on any atom is -1.00 e. The van der Waals surface area contributed by atoms with E-state index in [2.05, 4.69) is 12.1 Å². The van der Waals surface area contributed by atoms with E-state index < -0.39 is 0 Å². The summed E-state index contributed by atoms with van der Waals surface area (Å²) in [4.78, 5) is 12.3. The number of hydrogen-bond acceptors (Lipinski definition) is 1. The highest BCUT2D eigenvalue weighted by atomic mass is 127. The van der Waals surface area contributed by atoms with Crippen LogP contribution in [0.3, 0.4) is 0 Å². The zero-order chi connectivity index (χ0) is 15.4. The van der Waals surface area contributed by atoms with E-state index >= 15 is 0 Å². The number of nitrogens with zero attached hydrogens (tertiary/aromatic N) is 1. The van der Waals surface area contributed by atoms with Gasteiger partial charge in [0, 0.05) is 17.7 Å². The van der Waals surface area contributed by atoms with Crippen molar-refractivity contribution in [1.82, 2.24) is 0 Å². The van der Waals surface area contributed by atoms with Gasteiger partial charge in [-0.2, -0.15) is 4.57 Å². The van der Waals surface area contributed by atoms with Gasteiger partial charge in [-0.1, -0.05) is 54.6 Å². The number of halogens is 1. The van der Waals surface area contributed by atoms with Crippen LogP contribution in [0.2, 0.25) is 0 Å². The van der Waals surface area contributed by atoms with E-state index in [0.29, 0.717) is 6.54 Å². The molecule has 0 saturated heterocycles. The third kappa shape index (κ3) is 4.48. The molecular formula is C20H18INO. The number of pyridine rings is 1. The summed E-state index contributed by atoms with van der Waals surface area (Å²) in [7, 11) is 0. The van der Waals surface area contributed by atoms with Crippen molar-refractivity contribution in [2.45, 2.75) is 13.5 Å². The molecule has 3 rings (SSSR count). The highest BCUT2D eigenvalue weighted by Gasteiger charge is 2.11. The van der Waals surface area contributed by atoms with E-state index in [1.807, 2.05) is 78.5 Å². The average molecular weight is 415 g/mol. The van der Waals surface area contributed by atoms with E-state index in [9.17, 15) is 4.79 Å². The first-order valence-corrected chi connectivity index (χ1v) is 7.37.